The maximum atomic E-state index is 12.5. The lowest BCUT2D eigenvalue weighted by Gasteiger charge is -2.16. The summed E-state index contributed by atoms with van der Waals surface area (Å²) in [5.74, 6) is 1.68. The molecule has 0 spiro atoms. The number of rotatable bonds is 5. The van der Waals surface area contributed by atoms with Crippen molar-refractivity contribution >= 4 is 28.9 Å². The van der Waals surface area contributed by atoms with E-state index in [1.165, 1.54) is 28.6 Å². The van der Waals surface area contributed by atoms with Crippen molar-refractivity contribution in [2.75, 3.05) is 5.75 Å². The number of aryl methyl sites for hydroxylation is 2. The minimum atomic E-state index is 0.0847. The molecular formula is C20H23N3O2S2. The molecule has 0 fully saturated rings. The fourth-order valence-corrected chi connectivity index (χ4v) is 5.30. The van der Waals surface area contributed by atoms with Gasteiger partial charge in [-0.25, -0.2) is 0 Å². The Morgan fingerprint density at radius 2 is 2.19 bits per heavy atom. The van der Waals surface area contributed by atoms with Crippen LogP contribution in [0.25, 0.3) is 10.8 Å². The number of hydrogen-bond donors (Lipinski definition) is 0. The monoisotopic (exact) mass is 401 g/mol. The number of carbonyl (C=O) groups is 1. The van der Waals surface area contributed by atoms with Crippen LogP contribution in [0.2, 0.25) is 0 Å². The van der Waals surface area contributed by atoms with Gasteiger partial charge in [-0.2, -0.15) is 0 Å². The van der Waals surface area contributed by atoms with E-state index in [1.54, 1.807) is 11.3 Å². The Morgan fingerprint density at radius 1 is 1.37 bits per heavy atom. The first-order valence-corrected chi connectivity index (χ1v) is 11.0. The van der Waals surface area contributed by atoms with E-state index in [-0.39, 0.29) is 5.78 Å². The van der Waals surface area contributed by atoms with Gasteiger partial charge in [0.15, 0.2) is 5.78 Å². The molecule has 3 aromatic heterocycles. The molecule has 3 heterocycles. The third-order valence-electron chi connectivity index (χ3n) is 5.35. The smallest absolute Gasteiger partial charge is 0.277 e. The van der Waals surface area contributed by atoms with Crippen LogP contribution in [0.3, 0.4) is 0 Å². The van der Waals surface area contributed by atoms with Gasteiger partial charge in [0, 0.05) is 28.9 Å². The van der Waals surface area contributed by atoms with Crippen LogP contribution in [-0.4, -0.2) is 26.3 Å². The molecule has 0 saturated carbocycles. The lowest BCUT2D eigenvalue weighted by Crippen LogP contribution is -2.07. The lowest BCUT2D eigenvalue weighted by molar-refractivity contribution is 0.102. The first kappa shape index (κ1) is 18.5. The van der Waals surface area contributed by atoms with E-state index in [1.807, 2.05) is 31.5 Å². The van der Waals surface area contributed by atoms with Gasteiger partial charge in [0.25, 0.3) is 11.1 Å². The molecule has 142 valence electrons. The highest BCUT2D eigenvalue weighted by Gasteiger charge is 2.21. The molecule has 5 nitrogen and oxygen atoms in total. The molecule has 4 rings (SSSR count). The molecule has 1 aliphatic carbocycles. The average Bonchev–Trinajstić information content (AvgIpc) is 3.33. The summed E-state index contributed by atoms with van der Waals surface area (Å²) in [4.78, 5) is 15.0. The summed E-state index contributed by atoms with van der Waals surface area (Å²) in [5.41, 5.74) is 4.26. The molecule has 3 aromatic rings. The molecule has 7 heteroatoms. The number of Topliss-reactive ketones (excluding diaryl/α,β-unsaturated/α-hetero) is 1. The van der Waals surface area contributed by atoms with E-state index >= 15 is 0 Å². The number of nitrogens with zero attached hydrogens (tertiary/aromatic N) is 3. The number of thioether (sulfide) groups is 1. The van der Waals surface area contributed by atoms with E-state index in [2.05, 4.69) is 23.2 Å². The second-order valence-electron chi connectivity index (χ2n) is 7.34. The van der Waals surface area contributed by atoms with Crippen LogP contribution in [0.4, 0.5) is 0 Å². The third-order valence-corrected chi connectivity index (χ3v) is 7.39. The van der Waals surface area contributed by atoms with Crippen molar-refractivity contribution in [3.63, 3.8) is 0 Å². The summed E-state index contributed by atoms with van der Waals surface area (Å²) >= 11 is 3.06. The van der Waals surface area contributed by atoms with Crippen LogP contribution in [0.15, 0.2) is 21.8 Å². The average molecular weight is 402 g/mol. The van der Waals surface area contributed by atoms with Crippen molar-refractivity contribution in [1.82, 2.24) is 14.8 Å². The highest BCUT2D eigenvalue weighted by atomic mass is 32.2. The van der Waals surface area contributed by atoms with Crippen molar-refractivity contribution in [3.05, 3.63) is 39.5 Å². The lowest BCUT2D eigenvalue weighted by atomic mass is 9.90. The number of fused-ring (bicyclic) bond motifs is 1. The quantitative estimate of drug-likeness (QED) is 0.452. The summed E-state index contributed by atoms with van der Waals surface area (Å²) in [6.07, 6.45) is 3.52. The Kier molecular flexibility index (Phi) is 4.99. The van der Waals surface area contributed by atoms with Crippen molar-refractivity contribution in [1.29, 1.82) is 0 Å². The number of hydrogen-bond acceptors (Lipinski definition) is 6. The number of thiophene rings is 1. The van der Waals surface area contributed by atoms with Gasteiger partial charge in [-0.3, -0.25) is 4.79 Å². The molecule has 0 amide bonds. The summed E-state index contributed by atoms with van der Waals surface area (Å²) in [6, 6.07) is 4.13. The van der Waals surface area contributed by atoms with Gasteiger partial charge in [-0.15, -0.1) is 21.5 Å². The Bertz CT molecular complexity index is 999. The summed E-state index contributed by atoms with van der Waals surface area (Å²) in [5, 5.41) is 8.76. The maximum absolute atomic E-state index is 12.5. The molecule has 0 aromatic carbocycles. The molecule has 1 atom stereocenters. The zero-order chi connectivity index (χ0) is 19.1. The minimum Gasteiger partial charge on any atom is -0.410 e. The molecule has 0 saturated heterocycles. The molecule has 0 N–H and O–H groups in total. The van der Waals surface area contributed by atoms with Gasteiger partial charge in [-0.1, -0.05) is 18.7 Å². The standard InChI is InChI=1S/C20H23N3O2S2/c1-11-5-6-17-14(7-11)9-18(27-17)19-21-22-20(25-19)26-10-16(24)15-8-12(2)23(4)13(15)3/h8-9,11H,5-7,10H2,1-4H3/t11-/m0/s1. The topological polar surface area (TPSA) is 60.9 Å². The van der Waals surface area contributed by atoms with Crippen LogP contribution >= 0.6 is 23.1 Å². The molecule has 27 heavy (non-hydrogen) atoms. The maximum Gasteiger partial charge on any atom is 0.277 e. The normalized spacial score (nSPS) is 16.5. The fourth-order valence-electron chi connectivity index (χ4n) is 3.52. The largest absolute Gasteiger partial charge is 0.410 e. The van der Waals surface area contributed by atoms with Crippen LogP contribution < -0.4 is 0 Å². The van der Waals surface area contributed by atoms with Crippen molar-refractivity contribution in [3.8, 4) is 10.8 Å². The van der Waals surface area contributed by atoms with E-state index < -0.39 is 0 Å². The number of ketones is 1. The predicted molar refractivity (Wildman–Crippen MR) is 109 cm³/mol. The Labute approximate surface area is 167 Å². The van der Waals surface area contributed by atoms with Crippen LogP contribution in [0.5, 0.6) is 0 Å². The van der Waals surface area contributed by atoms with E-state index in [4.69, 9.17) is 4.42 Å². The van der Waals surface area contributed by atoms with Gasteiger partial charge in [0.05, 0.1) is 10.6 Å². The molecule has 0 bridgehead atoms. The van der Waals surface area contributed by atoms with Gasteiger partial charge in [-0.05, 0) is 56.7 Å². The zero-order valence-corrected chi connectivity index (χ0v) is 17.7. The fraction of sp³-hybridized carbons (Fsp3) is 0.450. The summed E-state index contributed by atoms with van der Waals surface area (Å²) in [6.45, 7) is 6.27. The van der Waals surface area contributed by atoms with Crippen molar-refractivity contribution in [2.45, 2.75) is 45.3 Å². The highest BCUT2D eigenvalue weighted by molar-refractivity contribution is 7.99. The van der Waals surface area contributed by atoms with E-state index in [0.717, 1.165) is 40.6 Å². The number of aromatic nitrogens is 3. The molecule has 0 unspecified atom stereocenters. The minimum absolute atomic E-state index is 0.0847. The molecule has 1 aliphatic rings. The van der Waals surface area contributed by atoms with Crippen molar-refractivity contribution < 1.29 is 9.21 Å². The summed E-state index contributed by atoms with van der Waals surface area (Å²) in [7, 11) is 1.97. The van der Waals surface area contributed by atoms with Crippen molar-refractivity contribution in [2.24, 2.45) is 13.0 Å². The van der Waals surface area contributed by atoms with E-state index in [9.17, 15) is 4.79 Å². The van der Waals surface area contributed by atoms with Crippen LogP contribution in [0, 0.1) is 19.8 Å². The van der Waals surface area contributed by atoms with E-state index in [0.29, 0.717) is 16.9 Å². The van der Waals surface area contributed by atoms with Gasteiger partial charge < -0.3 is 8.98 Å². The Balaban J connectivity index is 1.44. The van der Waals surface area contributed by atoms with Gasteiger partial charge >= 0.3 is 0 Å². The highest BCUT2D eigenvalue weighted by Crippen LogP contribution is 2.37. The molecular weight excluding hydrogens is 378 g/mol. The van der Waals surface area contributed by atoms with Crippen LogP contribution in [-0.2, 0) is 19.9 Å². The van der Waals surface area contributed by atoms with Crippen LogP contribution in [0.1, 0.15) is 45.5 Å². The second kappa shape index (κ2) is 7.28. The van der Waals surface area contributed by atoms with Gasteiger partial charge in [0.1, 0.15) is 0 Å². The Hall–Kier alpha value is -1.86. The number of carbonyl (C=O) groups excluding carboxylic acids is 1. The first-order chi connectivity index (χ1) is 12.9. The molecule has 0 radical (unpaired) electrons. The second-order valence-corrected chi connectivity index (χ2v) is 9.40. The summed E-state index contributed by atoms with van der Waals surface area (Å²) < 4.78 is 7.84. The zero-order valence-electron chi connectivity index (χ0n) is 16.0. The predicted octanol–water partition coefficient (Wildman–Crippen LogP) is 4.85. The third kappa shape index (κ3) is 3.62. The Morgan fingerprint density at radius 3 is 2.93 bits per heavy atom. The first-order valence-electron chi connectivity index (χ1n) is 9.16. The SMILES string of the molecule is Cc1cc(C(=O)CSc2nnc(-c3cc4c(s3)CC[C@H](C)C4)o2)c(C)n1C. The molecule has 0 aliphatic heterocycles. The van der Waals surface area contributed by atoms with Gasteiger partial charge in [0.2, 0.25) is 0 Å².